The van der Waals surface area contributed by atoms with Crippen LogP contribution < -0.4 is 0 Å². The first-order chi connectivity index (χ1) is 8.11. The summed E-state index contributed by atoms with van der Waals surface area (Å²) in [5.41, 5.74) is 1.16. The average Bonchev–Trinajstić information content (AvgIpc) is 2.64. The molecule has 0 spiro atoms. The summed E-state index contributed by atoms with van der Waals surface area (Å²) in [6.45, 7) is 4.30. The lowest BCUT2D eigenvalue weighted by Crippen LogP contribution is -2.15. The van der Waals surface area contributed by atoms with Crippen LogP contribution in [-0.4, -0.2) is 36.0 Å². The predicted molar refractivity (Wildman–Crippen MR) is 73.6 cm³/mol. The summed E-state index contributed by atoms with van der Waals surface area (Å²) in [6.07, 6.45) is 0. The highest BCUT2D eigenvalue weighted by molar-refractivity contribution is 7.99. The van der Waals surface area contributed by atoms with E-state index in [0.717, 1.165) is 24.4 Å². The molecule has 0 amide bonds. The van der Waals surface area contributed by atoms with Gasteiger partial charge in [-0.2, -0.15) is 11.8 Å². The van der Waals surface area contributed by atoms with Gasteiger partial charge in [-0.3, -0.25) is 0 Å². The topological polar surface area (TPSA) is 3.24 Å². The molecule has 0 saturated carbocycles. The molecule has 0 radical (unpaired) electrons. The van der Waals surface area contributed by atoms with E-state index >= 15 is 0 Å². The number of nitrogens with zero attached hydrogens (tertiary/aromatic N) is 1. The summed E-state index contributed by atoms with van der Waals surface area (Å²) in [7, 11) is 2.13. The van der Waals surface area contributed by atoms with Crippen LogP contribution in [0.4, 0.5) is 4.39 Å². The molecule has 2 atom stereocenters. The van der Waals surface area contributed by atoms with Crippen LogP contribution in [-0.2, 0) is 0 Å². The Morgan fingerprint density at radius 3 is 2.88 bits per heavy atom. The first-order valence-electron chi connectivity index (χ1n) is 5.87. The van der Waals surface area contributed by atoms with Crippen LogP contribution in [0.1, 0.15) is 18.4 Å². The third-order valence-corrected chi connectivity index (χ3v) is 4.73. The molecule has 0 bridgehead atoms. The molecule has 0 aromatic heterocycles. The van der Waals surface area contributed by atoms with E-state index in [0.29, 0.717) is 11.2 Å². The van der Waals surface area contributed by atoms with Crippen LogP contribution >= 0.6 is 23.4 Å². The van der Waals surface area contributed by atoms with E-state index < -0.39 is 0 Å². The van der Waals surface area contributed by atoms with Crippen molar-refractivity contribution in [1.82, 2.24) is 4.90 Å². The lowest BCUT2D eigenvalue weighted by Gasteiger charge is -2.18. The van der Waals surface area contributed by atoms with Gasteiger partial charge in [-0.15, -0.1) is 0 Å². The second kappa shape index (κ2) is 5.59. The summed E-state index contributed by atoms with van der Waals surface area (Å²) < 4.78 is 13.2. The third-order valence-electron chi connectivity index (χ3n) is 3.20. The maximum Gasteiger partial charge on any atom is 0.141 e. The van der Waals surface area contributed by atoms with Gasteiger partial charge >= 0.3 is 0 Å². The van der Waals surface area contributed by atoms with Gasteiger partial charge in [0.2, 0.25) is 0 Å². The number of halogens is 2. The van der Waals surface area contributed by atoms with E-state index in [9.17, 15) is 4.39 Å². The number of thioether (sulfide) groups is 1. The van der Waals surface area contributed by atoms with Crippen molar-refractivity contribution in [3.8, 4) is 0 Å². The van der Waals surface area contributed by atoms with Gasteiger partial charge in [0.15, 0.2) is 0 Å². The van der Waals surface area contributed by atoms with Crippen molar-refractivity contribution in [2.45, 2.75) is 18.1 Å². The summed E-state index contributed by atoms with van der Waals surface area (Å²) in [6, 6.07) is 5.13. The Balaban J connectivity index is 2.22. The Morgan fingerprint density at radius 1 is 1.47 bits per heavy atom. The van der Waals surface area contributed by atoms with Crippen LogP contribution in [0.25, 0.3) is 0 Å². The zero-order chi connectivity index (χ0) is 12.4. The standard InChI is InChI=1S/C13H17ClFNS/c1-3-17-13-8-16(2)7-10(13)9-4-5-12(15)11(14)6-9/h4-6,10,13H,3,7-8H2,1-2H3. The van der Waals surface area contributed by atoms with Gasteiger partial charge in [-0.1, -0.05) is 24.6 Å². The molecule has 0 N–H and O–H groups in total. The molecule has 0 aliphatic carbocycles. The Morgan fingerprint density at radius 2 is 2.24 bits per heavy atom. The summed E-state index contributed by atoms with van der Waals surface area (Å²) >= 11 is 7.84. The highest BCUT2D eigenvalue weighted by Crippen LogP contribution is 2.36. The number of likely N-dealkylation sites (N-methyl/N-ethyl adjacent to an activating group) is 1. The van der Waals surface area contributed by atoms with Crippen LogP contribution in [0, 0.1) is 5.82 Å². The predicted octanol–water partition coefficient (Wildman–Crippen LogP) is 3.63. The fraction of sp³-hybridized carbons (Fsp3) is 0.538. The van der Waals surface area contributed by atoms with Crippen molar-refractivity contribution in [3.05, 3.63) is 34.6 Å². The first-order valence-corrected chi connectivity index (χ1v) is 7.29. The minimum Gasteiger partial charge on any atom is -0.305 e. The fourth-order valence-corrected chi connectivity index (χ4v) is 3.86. The van der Waals surface area contributed by atoms with E-state index in [1.165, 1.54) is 6.07 Å². The molecule has 4 heteroatoms. The molecule has 1 fully saturated rings. The van der Waals surface area contributed by atoms with Crippen molar-refractivity contribution in [3.63, 3.8) is 0 Å². The van der Waals surface area contributed by atoms with Gasteiger partial charge in [-0.25, -0.2) is 4.39 Å². The van der Waals surface area contributed by atoms with Crippen LogP contribution in [0.2, 0.25) is 5.02 Å². The largest absolute Gasteiger partial charge is 0.305 e. The molecule has 1 aliphatic rings. The molecule has 94 valence electrons. The molecule has 1 nitrogen and oxygen atoms in total. The average molecular weight is 274 g/mol. The van der Waals surface area contributed by atoms with Crippen molar-refractivity contribution >= 4 is 23.4 Å². The quantitative estimate of drug-likeness (QED) is 0.827. The van der Waals surface area contributed by atoms with Crippen molar-refractivity contribution in [1.29, 1.82) is 0 Å². The summed E-state index contributed by atoms with van der Waals surface area (Å²) in [5, 5.41) is 0.823. The lowest BCUT2D eigenvalue weighted by molar-refractivity contribution is 0.412. The van der Waals surface area contributed by atoms with Gasteiger partial charge in [0, 0.05) is 24.3 Å². The van der Waals surface area contributed by atoms with E-state index in [1.54, 1.807) is 6.07 Å². The molecule has 17 heavy (non-hydrogen) atoms. The molecule has 1 aromatic rings. The van der Waals surface area contributed by atoms with Crippen LogP contribution in [0.3, 0.4) is 0 Å². The molecule has 1 aliphatic heterocycles. The van der Waals surface area contributed by atoms with Gasteiger partial charge in [0.25, 0.3) is 0 Å². The SMILES string of the molecule is CCSC1CN(C)CC1c1ccc(F)c(Cl)c1. The van der Waals surface area contributed by atoms with Gasteiger partial charge in [0.05, 0.1) is 5.02 Å². The summed E-state index contributed by atoms with van der Waals surface area (Å²) in [4.78, 5) is 2.33. The van der Waals surface area contributed by atoms with Gasteiger partial charge in [-0.05, 0) is 30.5 Å². The second-order valence-corrected chi connectivity index (χ2v) is 6.42. The van der Waals surface area contributed by atoms with Gasteiger partial charge < -0.3 is 4.90 Å². The Bertz CT molecular complexity index is 399. The molecular weight excluding hydrogens is 257 g/mol. The first kappa shape index (κ1) is 13.2. The highest BCUT2D eigenvalue weighted by Gasteiger charge is 2.32. The van der Waals surface area contributed by atoms with E-state index in [-0.39, 0.29) is 10.8 Å². The molecule has 1 aromatic carbocycles. The number of hydrogen-bond donors (Lipinski definition) is 0. The minimum atomic E-state index is -0.332. The maximum atomic E-state index is 13.2. The molecule has 2 unspecified atom stereocenters. The van der Waals surface area contributed by atoms with Crippen molar-refractivity contribution in [2.24, 2.45) is 0 Å². The molecule has 1 heterocycles. The normalized spacial score (nSPS) is 25.4. The minimum absolute atomic E-state index is 0.234. The zero-order valence-corrected chi connectivity index (χ0v) is 11.7. The number of rotatable bonds is 3. The Labute approximate surface area is 111 Å². The Kier molecular flexibility index (Phi) is 4.34. The molecule has 1 saturated heterocycles. The third kappa shape index (κ3) is 2.95. The van der Waals surface area contributed by atoms with E-state index in [2.05, 4.69) is 18.9 Å². The maximum absolute atomic E-state index is 13.2. The highest BCUT2D eigenvalue weighted by atomic mass is 35.5. The lowest BCUT2D eigenvalue weighted by atomic mass is 9.98. The monoisotopic (exact) mass is 273 g/mol. The number of hydrogen-bond acceptors (Lipinski definition) is 2. The summed E-state index contributed by atoms with van der Waals surface area (Å²) in [5.74, 6) is 1.24. The smallest absolute Gasteiger partial charge is 0.141 e. The molecule has 2 rings (SSSR count). The van der Waals surface area contributed by atoms with E-state index in [4.69, 9.17) is 11.6 Å². The number of likely N-dealkylation sites (tertiary alicyclic amines) is 1. The molecular formula is C13H17ClFNS. The van der Waals surface area contributed by atoms with Crippen LogP contribution in [0.15, 0.2) is 18.2 Å². The second-order valence-electron chi connectivity index (χ2n) is 4.50. The Hall–Kier alpha value is -0.250. The van der Waals surface area contributed by atoms with Crippen LogP contribution in [0.5, 0.6) is 0 Å². The van der Waals surface area contributed by atoms with E-state index in [1.807, 2.05) is 17.8 Å². The van der Waals surface area contributed by atoms with Crippen molar-refractivity contribution in [2.75, 3.05) is 25.9 Å². The fourth-order valence-electron chi connectivity index (χ4n) is 2.41. The number of benzene rings is 1. The zero-order valence-electron chi connectivity index (χ0n) is 10.1. The van der Waals surface area contributed by atoms with Gasteiger partial charge in [0.1, 0.15) is 5.82 Å². The van der Waals surface area contributed by atoms with Crippen molar-refractivity contribution < 1.29 is 4.39 Å².